The third-order valence-electron chi connectivity index (χ3n) is 2.75. The van der Waals surface area contributed by atoms with Gasteiger partial charge in [-0.2, -0.15) is 0 Å². The largest absolute Gasteiger partial charge is 0.368 e. The molecule has 1 aliphatic heterocycles. The van der Waals surface area contributed by atoms with Crippen molar-refractivity contribution in [3.8, 4) is 0 Å². The minimum atomic E-state index is -0.572. The number of piperazine rings is 1. The summed E-state index contributed by atoms with van der Waals surface area (Å²) in [5.41, 5.74) is 5.28. The van der Waals surface area contributed by atoms with Gasteiger partial charge in [-0.3, -0.25) is 4.79 Å². The van der Waals surface area contributed by atoms with Gasteiger partial charge in [0, 0.05) is 26.2 Å². The molecule has 0 aromatic rings. The molecule has 0 aliphatic carbocycles. The molecule has 1 heterocycles. The monoisotopic (exact) mass is 242 g/mol. The molecule has 4 N–H and O–H groups in total. The molecule has 0 aromatic heterocycles. The second-order valence-corrected chi connectivity index (χ2v) is 4.77. The minimum Gasteiger partial charge on any atom is -0.368 e. The highest BCUT2D eigenvalue weighted by atomic mass is 16.2. The summed E-state index contributed by atoms with van der Waals surface area (Å²) in [7, 11) is 0. The Morgan fingerprint density at radius 2 is 1.94 bits per heavy atom. The molecule has 0 spiro atoms. The maximum absolute atomic E-state index is 11.9. The summed E-state index contributed by atoms with van der Waals surface area (Å²) in [6.07, 6.45) is 0.577. The first kappa shape index (κ1) is 13.8. The highest BCUT2D eigenvalue weighted by Crippen LogP contribution is 2.05. The van der Waals surface area contributed by atoms with Gasteiger partial charge in [-0.15, -0.1) is 0 Å². The molecule has 3 amide bonds. The lowest BCUT2D eigenvalue weighted by atomic mass is 10.0. The molecule has 0 aromatic carbocycles. The average molecular weight is 242 g/mol. The van der Waals surface area contributed by atoms with Crippen LogP contribution >= 0.6 is 0 Å². The SMILES string of the molecule is CC(C)CC(NC(=O)N1CCNCC1)C(N)=O. The summed E-state index contributed by atoms with van der Waals surface area (Å²) in [5.74, 6) is -0.155. The van der Waals surface area contributed by atoms with Crippen molar-refractivity contribution in [1.82, 2.24) is 15.5 Å². The average Bonchev–Trinajstić information content (AvgIpc) is 2.28. The number of amides is 3. The number of carbonyl (C=O) groups is 2. The Morgan fingerprint density at radius 1 is 1.35 bits per heavy atom. The zero-order chi connectivity index (χ0) is 12.8. The Hall–Kier alpha value is -1.30. The normalized spacial score (nSPS) is 17.9. The van der Waals surface area contributed by atoms with Crippen LogP contribution < -0.4 is 16.4 Å². The van der Waals surface area contributed by atoms with E-state index >= 15 is 0 Å². The molecule has 98 valence electrons. The van der Waals surface area contributed by atoms with Crippen LogP contribution in [0.3, 0.4) is 0 Å². The number of nitrogens with zero attached hydrogens (tertiary/aromatic N) is 1. The predicted octanol–water partition coefficient (Wildman–Crippen LogP) is -0.499. The molecule has 1 fully saturated rings. The summed E-state index contributed by atoms with van der Waals surface area (Å²) in [6, 6.07) is -0.770. The maximum atomic E-state index is 11.9. The van der Waals surface area contributed by atoms with Crippen LogP contribution in [0.5, 0.6) is 0 Å². The van der Waals surface area contributed by atoms with Crippen molar-refractivity contribution >= 4 is 11.9 Å². The lowest BCUT2D eigenvalue weighted by molar-refractivity contribution is -0.120. The maximum Gasteiger partial charge on any atom is 0.318 e. The van der Waals surface area contributed by atoms with Crippen LogP contribution in [0.15, 0.2) is 0 Å². The number of rotatable bonds is 4. The number of nitrogens with two attached hydrogens (primary N) is 1. The van der Waals surface area contributed by atoms with E-state index in [1.165, 1.54) is 0 Å². The quantitative estimate of drug-likeness (QED) is 0.621. The minimum absolute atomic E-state index is 0.198. The highest BCUT2D eigenvalue weighted by Gasteiger charge is 2.23. The first-order valence-corrected chi connectivity index (χ1v) is 6.06. The van der Waals surface area contributed by atoms with Crippen molar-refractivity contribution in [2.45, 2.75) is 26.3 Å². The lowest BCUT2D eigenvalue weighted by Crippen LogP contribution is -2.54. The molecule has 1 aliphatic rings. The summed E-state index contributed by atoms with van der Waals surface area (Å²) >= 11 is 0. The third kappa shape index (κ3) is 4.60. The molecular formula is C11H22N4O2. The molecule has 0 bridgehead atoms. The fraction of sp³-hybridized carbons (Fsp3) is 0.818. The molecule has 6 heteroatoms. The third-order valence-corrected chi connectivity index (χ3v) is 2.75. The second kappa shape index (κ2) is 6.44. The van der Waals surface area contributed by atoms with Gasteiger partial charge in [0.25, 0.3) is 0 Å². The number of hydrogen-bond donors (Lipinski definition) is 3. The van der Waals surface area contributed by atoms with Crippen LogP contribution in [0.25, 0.3) is 0 Å². The van der Waals surface area contributed by atoms with E-state index in [0.717, 1.165) is 13.1 Å². The van der Waals surface area contributed by atoms with Gasteiger partial charge in [-0.25, -0.2) is 4.79 Å². The molecule has 1 unspecified atom stereocenters. The first-order valence-electron chi connectivity index (χ1n) is 6.06. The van der Waals surface area contributed by atoms with Crippen molar-refractivity contribution in [2.75, 3.05) is 26.2 Å². The molecule has 17 heavy (non-hydrogen) atoms. The van der Waals surface area contributed by atoms with Crippen LogP contribution in [0.2, 0.25) is 0 Å². The molecule has 1 atom stereocenters. The Bertz CT molecular complexity index is 275. The fourth-order valence-electron chi connectivity index (χ4n) is 1.83. The topological polar surface area (TPSA) is 87.5 Å². The smallest absolute Gasteiger partial charge is 0.318 e. The second-order valence-electron chi connectivity index (χ2n) is 4.77. The highest BCUT2D eigenvalue weighted by molar-refractivity contribution is 5.85. The van der Waals surface area contributed by atoms with Gasteiger partial charge in [-0.05, 0) is 12.3 Å². The summed E-state index contributed by atoms with van der Waals surface area (Å²) < 4.78 is 0. The Labute approximate surface area is 102 Å². The zero-order valence-corrected chi connectivity index (χ0v) is 10.5. The van der Waals surface area contributed by atoms with E-state index in [9.17, 15) is 9.59 Å². The molecule has 1 rings (SSSR count). The number of urea groups is 1. The summed E-state index contributed by atoms with van der Waals surface area (Å²) in [4.78, 5) is 24.8. The number of hydrogen-bond acceptors (Lipinski definition) is 3. The van der Waals surface area contributed by atoms with Crippen LogP contribution in [0, 0.1) is 5.92 Å². The van der Waals surface area contributed by atoms with Gasteiger partial charge >= 0.3 is 6.03 Å². The van der Waals surface area contributed by atoms with Crippen LogP contribution in [-0.4, -0.2) is 49.1 Å². The van der Waals surface area contributed by atoms with Crippen molar-refractivity contribution in [2.24, 2.45) is 11.7 Å². The summed E-state index contributed by atoms with van der Waals surface area (Å²) in [6.45, 7) is 6.90. The van der Waals surface area contributed by atoms with Gasteiger partial charge in [0.05, 0.1) is 0 Å². The zero-order valence-electron chi connectivity index (χ0n) is 10.5. The molecule has 0 saturated carbocycles. The van der Waals surface area contributed by atoms with Crippen molar-refractivity contribution in [1.29, 1.82) is 0 Å². The van der Waals surface area contributed by atoms with E-state index in [-0.39, 0.29) is 6.03 Å². The first-order chi connectivity index (χ1) is 8.00. The lowest BCUT2D eigenvalue weighted by Gasteiger charge is -2.29. The van der Waals surface area contributed by atoms with Gasteiger partial charge in [0.15, 0.2) is 0 Å². The van der Waals surface area contributed by atoms with E-state index < -0.39 is 11.9 Å². The van der Waals surface area contributed by atoms with Crippen LogP contribution in [-0.2, 0) is 4.79 Å². The molecule has 0 radical (unpaired) electrons. The van der Waals surface area contributed by atoms with E-state index in [4.69, 9.17) is 5.73 Å². The van der Waals surface area contributed by atoms with Crippen molar-refractivity contribution in [3.63, 3.8) is 0 Å². The van der Waals surface area contributed by atoms with Crippen LogP contribution in [0.1, 0.15) is 20.3 Å². The fourth-order valence-corrected chi connectivity index (χ4v) is 1.83. The molecule has 1 saturated heterocycles. The number of carbonyl (C=O) groups excluding carboxylic acids is 2. The Balaban J connectivity index is 2.47. The van der Waals surface area contributed by atoms with E-state index in [0.29, 0.717) is 25.4 Å². The van der Waals surface area contributed by atoms with E-state index in [1.807, 2.05) is 13.8 Å². The van der Waals surface area contributed by atoms with Gasteiger partial charge in [0.2, 0.25) is 5.91 Å². The van der Waals surface area contributed by atoms with E-state index in [2.05, 4.69) is 10.6 Å². The Morgan fingerprint density at radius 3 is 2.41 bits per heavy atom. The number of primary amides is 1. The predicted molar refractivity (Wildman–Crippen MR) is 65.4 cm³/mol. The standard InChI is InChI=1S/C11H22N4O2/c1-8(2)7-9(10(12)16)14-11(17)15-5-3-13-4-6-15/h8-9,13H,3-7H2,1-2H3,(H2,12,16)(H,14,17). The molecular weight excluding hydrogens is 220 g/mol. The summed E-state index contributed by atoms with van der Waals surface area (Å²) in [5, 5.41) is 5.87. The van der Waals surface area contributed by atoms with E-state index in [1.54, 1.807) is 4.90 Å². The number of nitrogens with one attached hydrogen (secondary N) is 2. The van der Waals surface area contributed by atoms with Crippen molar-refractivity contribution in [3.05, 3.63) is 0 Å². The van der Waals surface area contributed by atoms with Gasteiger partial charge in [0.1, 0.15) is 6.04 Å². The van der Waals surface area contributed by atoms with Gasteiger partial charge in [-0.1, -0.05) is 13.8 Å². The molecule has 6 nitrogen and oxygen atoms in total. The van der Waals surface area contributed by atoms with Crippen LogP contribution in [0.4, 0.5) is 4.79 Å². The Kier molecular flexibility index (Phi) is 5.21. The van der Waals surface area contributed by atoms with Crippen molar-refractivity contribution < 1.29 is 9.59 Å². The van der Waals surface area contributed by atoms with Gasteiger partial charge < -0.3 is 21.3 Å².